The summed E-state index contributed by atoms with van der Waals surface area (Å²) < 4.78 is 0. The first-order valence-corrected chi connectivity index (χ1v) is 10.1. The van der Waals surface area contributed by atoms with E-state index in [-0.39, 0.29) is 21.1 Å². The molecule has 3 aromatic rings. The Morgan fingerprint density at radius 3 is 1.25 bits per heavy atom. The van der Waals surface area contributed by atoms with E-state index < -0.39 is 0 Å². The third-order valence-electron chi connectivity index (χ3n) is 3.59. The molecule has 0 aromatic carbocycles. The monoisotopic (exact) mass is 557 g/mol. The molecule has 0 atom stereocenters. The average Bonchev–Trinajstić information content (AvgIpc) is 2.78. The molecule has 0 fully saturated rings. The molecule has 4 heterocycles. The zero-order chi connectivity index (χ0) is 20.1. The summed E-state index contributed by atoms with van der Waals surface area (Å²) in [6.07, 6.45) is 3.92. The zero-order valence-corrected chi connectivity index (χ0v) is 20.1. The van der Waals surface area contributed by atoms with Gasteiger partial charge in [0.2, 0.25) is 0 Å². The zero-order valence-electron chi connectivity index (χ0n) is 17.8. The molecule has 0 unspecified atom stereocenters. The van der Waals surface area contributed by atoms with Gasteiger partial charge in [0.15, 0.2) is 0 Å². The van der Waals surface area contributed by atoms with Crippen molar-refractivity contribution in [1.82, 2.24) is 15.0 Å². The third kappa shape index (κ3) is 7.28. The van der Waals surface area contributed by atoms with Gasteiger partial charge < -0.3 is 6.42 Å². The van der Waals surface area contributed by atoms with Crippen molar-refractivity contribution in [1.29, 1.82) is 0 Å². The normalized spacial score (nSPS) is 10.5. The Hall–Kier alpha value is -1.86. The van der Waals surface area contributed by atoms with Crippen LogP contribution < -0.4 is 0 Å². The molecule has 4 rings (SSSR count). The van der Waals surface area contributed by atoms with E-state index in [0.717, 1.165) is 47.0 Å². The Kier molecular flexibility index (Phi) is 14.1. The van der Waals surface area contributed by atoms with Crippen molar-refractivity contribution < 1.29 is 21.1 Å². The van der Waals surface area contributed by atoms with Crippen molar-refractivity contribution in [3.63, 3.8) is 0 Å². The summed E-state index contributed by atoms with van der Waals surface area (Å²) in [6.45, 7) is 12.0. The molecule has 1 aliphatic rings. The van der Waals surface area contributed by atoms with E-state index in [2.05, 4.69) is 18.6 Å². The number of hydrogen-bond donors (Lipinski definition) is 0. The summed E-state index contributed by atoms with van der Waals surface area (Å²) in [5.74, 6) is 0. The van der Waals surface area contributed by atoms with Gasteiger partial charge in [-0.05, 0) is 36.4 Å². The maximum absolute atomic E-state index is 4.72. The molecule has 0 saturated heterocycles. The number of hydrogen-bond acceptors (Lipinski definition) is 3. The van der Waals surface area contributed by atoms with Gasteiger partial charge in [0.1, 0.15) is 0 Å². The number of pyridine rings is 3. The molecule has 4 heteroatoms. The third-order valence-corrected chi connectivity index (χ3v) is 3.59. The number of nitrogens with zero attached hydrogens (tertiary/aromatic N) is 3. The van der Waals surface area contributed by atoms with Crippen LogP contribution in [0.4, 0.5) is 0 Å². The van der Waals surface area contributed by atoms with Crippen LogP contribution in [-0.2, 0) is 33.9 Å². The van der Waals surface area contributed by atoms with Crippen molar-refractivity contribution >= 4 is 0 Å². The standard InChI is InChI=1S/C18H14N3.3C2H6.Pt/c1-5-13-7-2-9-15(19-13)17-11-4-12-18(21-17)16-10-3-8-14(6-1)20-16;3*1-2;/h1-4,7-12H,5-6H2;3*1-2H3;/q-1;;;;. The maximum Gasteiger partial charge on any atom is 0.0894 e. The van der Waals surface area contributed by atoms with Crippen molar-refractivity contribution in [3.05, 3.63) is 72.4 Å². The van der Waals surface area contributed by atoms with Crippen molar-refractivity contribution in [3.8, 4) is 22.8 Å². The smallest absolute Gasteiger partial charge is 0.0894 e. The molecule has 0 saturated carbocycles. The van der Waals surface area contributed by atoms with Crippen LogP contribution in [0.15, 0.2) is 54.6 Å². The molecule has 154 valence electrons. The van der Waals surface area contributed by atoms with Crippen LogP contribution in [0.1, 0.15) is 52.9 Å². The molecule has 0 aliphatic carbocycles. The van der Waals surface area contributed by atoms with Gasteiger partial charge in [-0.1, -0.05) is 59.7 Å². The molecule has 3 nitrogen and oxygen atoms in total. The molecule has 1 aliphatic heterocycles. The second kappa shape index (κ2) is 15.1. The van der Waals surface area contributed by atoms with Crippen LogP contribution in [0.3, 0.4) is 0 Å². The van der Waals surface area contributed by atoms with Crippen LogP contribution in [0.25, 0.3) is 22.8 Å². The van der Waals surface area contributed by atoms with Crippen LogP contribution in [-0.4, -0.2) is 15.0 Å². The molecule has 0 N–H and O–H groups in total. The van der Waals surface area contributed by atoms with Gasteiger partial charge in [0, 0.05) is 32.5 Å². The van der Waals surface area contributed by atoms with Crippen LogP contribution in [0.2, 0.25) is 0 Å². The molecular weight excluding hydrogens is 525 g/mol. The number of aromatic nitrogens is 3. The number of rotatable bonds is 0. The van der Waals surface area contributed by atoms with Crippen LogP contribution in [0.5, 0.6) is 0 Å². The second-order valence-electron chi connectivity index (χ2n) is 5.13. The summed E-state index contributed by atoms with van der Waals surface area (Å²) in [4.78, 5) is 14.1. The molecule has 0 radical (unpaired) electrons. The van der Waals surface area contributed by atoms with Gasteiger partial charge in [0.05, 0.1) is 22.8 Å². The van der Waals surface area contributed by atoms with E-state index in [9.17, 15) is 0 Å². The minimum absolute atomic E-state index is 0. The first kappa shape index (κ1) is 26.1. The van der Waals surface area contributed by atoms with E-state index in [1.54, 1.807) is 0 Å². The van der Waals surface area contributed by atoms with Gasteiger partial charge in [0.25, 0.3) is 0 Å². The van der Waals surface area contributed by atoms with Crippen molar-refractivity contribution in [2.24, 2.45) is 0 Å². The van der Waals surface area contributed by atoms with Gasteiger partial charge in [-0.25, -0.2) is 4.98 Å². The van der Waals surface area contributed by atoms with E-state index in [4.69, 9.17) is 15.0 Å². The van der Waals surface area contributed by atoms with E-state index in [1.165, 1.54) is 0 Å². The topological polar surface area (TPSA) is 38.7 Å². The largest absolute Gasteiger partial charge is 0.317 e. The number of fused-ring (bicyclic) bond motifs is 8. The summed E-state index contributed by atoms with van der Waals surface area (Å²) in [6, 6.07) is 18.2. The fourth-order valence-corrected chi connectivity index (χ4v) is 2.56. The van der Waals surface area contributed by atoms with Crippen molar-refractivity contribution in [2.75, 3.05) is 0 Å². The molecule has 3 aromatic heterocycles. The van der Waals surface area contributed by atoms with Gasteiger partial charge in [-0.15, -0.1) is 12.8 Å². The van der Waals surface area contributed by atoms with Crippen LogP contribution in [0, 0.1) is 6.42 Å². The minimum atomic E-state index is 0. The van der Waals surface area contributed by atoms with Crippen molar-refractivity contribution in [2.45, 2.75) is 54.4 Å². The molecular formula is C24H32N3Pt-. The fourth-order valence-electron chi connectivity index (χ4n) is 2.56. The maximum atomic E-state index is 4.72. The Morgan fingerprint density at radius 1 is 0.536 bits per heavy atom. The fraction of sp³-hybridized carbons (Fsp3) is 0.333. The Balaban J connectivity index is 0.000000957. The van der Waals surface area contributed by atoms with Gasteiger partial charge in [-0.3, -0.25) is 9.97 Å². The SMILES string of the molecule is CC.CC.CC.[Pt].c1cc2nc(c1)-c1cccc(n1)-c1cccc(n1)C[CH-]C2. The molecule has 0 spiro atoms. The summed E-state index contributed by atoms with van der Waals surface area (Å²) in [5, 5.41) is 0. The van der Waals surface area contributed by atoms with Gasteiger partial charge in [-0.2, -0.15) is 0 Å². The molecule has 0 amide bonds. The quantitative estimate of drug-likeness (QED) is 0.293. The Labute approximate surface area is 185 Å². The summed E-state index contributed by atoms with van der Waals surface area (Å²) >= 11 is 0. The Morgan fingerprint density at radius 2 is 0.857 bits per heavy atom. The van der Waals surface area contributed by atoms with E-state index in [0.29, 0.717) is 0 Å². The second-order valence-corrected chi connectivity index (χ2v) is 5.13. The first-order valence-electron chi connectivity index (χ1n) is 10.1. The predicted octanol–water partition coefficient (Wildman–Crippen LogP) is 6.58. The van der Waals surface area contributed by atoms with E-state index in [1.807, 2.05) is 84.0 Å². The summed E-state index contributed by atoms with van der Waals surface area (Å²) in [5.41, 5.74) is 5.75. The Bertz CT molecular complexity index is 740. The molecule has 28 heavy (non-hydrogen) atoms. The summed E-state index contributed by atoms with van der Waals surface area (Å²) in [7, 11) is 0. The minimum Gasteiger partial charge on any atom is -0.317 e. The van der Waals surface area contributed by atoms with Gasteiger partial charge >= 0.3 is 0 Å². The van der Waals surface area contributed by atoms with Crippen LogP contribution >= 0.6 is 0 Å². The molecule has 6 bridgehead atoms. The first-order chi connectivity index (χ1) is 13.4. The van der Waals surface area contributed by atoms with E-state index >= 15 is 0 Å². The average molecular weight is 558 g/mol. The predicted molar refractivity (Wildman–Crippen MR) is 116 cm³/mol.